The highest BCUT2D eigenvalue weighted by molar-refractivity contribution is 6.20. The molecule has 0 radical (unpaired) electrons. The lowest BCUT2D eigenvalue weighted by atomic mass is 13.7. The van der Waals surface area contributed by atoms with Gasteiger partial charge in [-0.2, -0.15) is 0 Å². The van der Waals surface area contributed by atoms with E-state index in [0.717, 1.165) is 0 Å². The highest BCUT2D eigenvalue weighted by atomic mass is 35.5. The number of nitroso groups, excluding NO2 is 1. The summed E-state index contributed by atoms with van der Waals surface area (Å²) >= 11 is 8.64. The van der Waals surface area contributed by atoms with Crippen molar-refractivity contribution < 1.29 is 3.80 Å². The molecule has 0 aliphatic heterocycles. The van der Waals surface area contributed by atoms with Crippen LogP contribution in [0.25, 0.3) is 0 Å². The van der Waals surface area contributed by atoms with Crippen molar-refractivity contribution in [3.8, 4) is 0 Å². The van der Waals surface area contributed by atoms with Gasteiger partial charge in [0, 0.05) is 0 Å². The van der Waals surface area contributed by atoms with E-state index < -0.39 is 0 Å². The zero-order valence-electron chi connectivity index (χ0n) is 1.61. The van der Waals surface area contributed by atoms with Crippen LogP contribution in [0.5, 0.6) is 0 Å². The van der Waals surface area contributed by atoms with Gasteiger partial charge in [-0.25, -0.2) is 0 Å². The Morgan fingerprint density at radius 3 is 1.50 bits per heavy atom. The number of rotatable bonds is 0. The molecule has 0 bridgehead atoms. The lowest BCUT2D eigenvalue weighted by molar-refractivity contribution is -0.209. The van der Waals surface area contributed by atoms with Crippen molar-refractivity contribution in [3.63, 3.8) is 0 Å². The van der Waals surface area contributed by atoms with Gasteiger partial charge in [-0.1, -0.05) is 0 Å². The van der Waals surface area contributed by atoms with E-state index in [9.17, 15) is 0 Å². The van der Waals surface area contributed by atoms with E-state index in [1.165, 1.54) is 0 Å². The molecule has 0 aromatic rings. The van der Waals surface area contributed by atoms with E-state index in [1.807, 2.05) is 0 Å². The largest absolute Gasteiger partial charge is 0.345 e. The van der Waals surface area contributed by atoms with Gasteiger partial charge in [-0.05, 0) is 0 Å². The van der Waals surface area contributed by atoms with Gasteiger partial charge in [0.25, 0.3) is 0 Å². The highest BCUT2D eigenvalue weighted by Crippen LogP contribution is 1.78. The zero-order chi connectivity index (χ0) is 3.58. The summed E-state index contributed by atoms with van der Waals surface area (Å²) in [6.07, 6.45) is 0. The van der Waals surface area contributed by atoms with Crippen LogP contribution >= 0.6 is 23.6 Å². The molecule has 0 aromatic carbocycles. The second-order valence-corrected chi connectivity index (χ2v) is 0.989. The summed E-state index contributed by atoms with van der Waals surface area (Å²) in [5.41, 5.74) is 0. The predicted molar refractivity (Wildman–Crippen MR) is 15.3 cm³/mol. The molecule has 4 heavy (non-hydrogen) atoms. The summed E-state index contributed by atoms with van der Waals surface area (Å²) in [7, 11) is 0. The van der Waals surface area contributed by atoms with Crippen molar-refractivity contribution >= 4 is 23.6 Å². The van der Waals surface area contributed by atoms with Gasteiger partial charge in [0.1, 0.15) is 0 Å². The Bertz CT molecular complexity index is 29.0. The van der Waals surface area contributed by atoms with Crippen LogP contribution in [0.1, 0.15) is 0 Å². The Kier molecular flexibility index (Phi) is 1.56. The third-order valence-electron chi connectivity index (χ3n) is 0. The molecule has 0 atom stereocenters. The average molecular weight is 101 g/mol. The van der Waals surface area contributed by atoms with Crippen LogP contribution in [0.4, 0.5) is 0 Å². The van der Waals surface area contributed by atoms with E-state index in [4.69, 9.17) is 4.91 Å². The molecule has 0 saturated carbocycles. The van der Waals surface area contributed by atoms with Gasteiger partial charge in [-0.3, -0.25) is 0 Å². The molecule has 0 heterocycles. The quantitative estimate of drug-likeness (QED) is 0.418. The summed E-state index contributed by atoms with van der Waals surface area (Å²) in [5, 5.41) is 0. The fourth-order valence-corrected chi connectivity index (χ4v) is 0. The number of halogens is 2. The molecule has 0 rings (SSSR count). The molecule has 0 aliphatic rings. The van der Waals surface area contributed by atoms with Crippen molar-refractivity contribution in [3.05, 3.63) is 4.91 Å². The average Bonchev–Trinajstić information content (AvgIpc) is 0.811. The first kappa shape index (κ1) is 4.18. The molecule has 24 valence electrons. The fraction of sp³-hybridized carbons (Fsp3) is 0. The van der Waals surface area contributed by atoms with Crippen LogP contribution < -0.4 is 0 Å². The maximum absolute atomic E-state index is 8.89. The Morgan fingerprint density at radius 1 is 1.50 bits per heavy atom. The predicted octanol–water partition coefficient (Wildman–Crippen LogP) is 1.07. The highest BCUT2D eigenvalue weighted by Gasteiger charge is 1.85. The lowest BCUT2D eigenvalue weighted by Gasteiger charge is -1.32. The standard InChI is InChI=1S/Cl2NO/c1-3(2)4/q+1. The lowest BCUT2D eigenvalue weighted by Crippen LogP contribution is -1.55. The SMILES string of the molecule is O=[N+](Cl)Cl. The van der Waals surface area contributed by atoms with Gasteiger partial charge in [0.05, 0.1) is 4.91 Å². The number of hydrogen-bond acceptors (Lipinski definition) is 1. The minimum Gasteiger partial charge on any atom is 0.0669 e. The Labute approximate surface area is 33.1 Å². The first-order valence-electron chi connectivity index (χ1n) is 0.521. The molecule has 0 amide bonds. The van der Waals surface area contributed by atoms with Crippen molar-refractivity contribution in [1.82, 2.24) is 0 Å². The van der Waals surface area contributed by atoms with Crippen molar-refractivity contribution in [2.45, 2.75) is 0 Å². The van der Waals surface area contributed by atoms with Crippen molar-refractivity contribution in [2.24, 2.45) is 0 Å². The minimum absolute atomic E-state index is 0.306. The monoisotopic (exact) mass is 99.9 g/mol. The third-order valence-corrected chi connectivity index (χ3v) is 0. The van der Waals surface area contributed by atoms with Crippen LogP contribution in [0.15, 0.2) is 0 Å². The van der Waals surface area contributed by atoms with Crippen LogP contribution in [-0.4, -0.2) is 3.80 Å². The second kappa shape index (κ2) is 1.49. The molecule has 4 heteroatoms. The van der Waals surface area contributed by atoms with Gasteiger partial charge >= 0.3 is 23.6 Å². The molecule has 0 aromatic heterocycles. The molecule has 0 spiro atoms. The smallest absolute Gasteiger partial charge is 0.0669 e. The second-order valence-electron chi connectivity index (χ2n) is 0.202. The van der Waals surface area contributed by atoms with Gasteiger partial charge in [0.15, 0.2) is 0 Å². The van der Waals surface area contributed by atoms with Gasteiger partial charge in [-0.15, -0.1) is 0 Å². The Morgan fingerprint density at radius 2 is 1.50 bits per heavy atom. The molecular weight excluding hydrogens is 101 g/mol. The summed E-state index contributed by atoms with van der Waals surface area (Å²) in [6.45, 7) is 0. The fourth-order valence-electron chi connectivity index (χ4n) is 0. The molecule has 0 N–H and O–H groups in total. The Hall–Kier alpha value is 0.180. The van der Waals surface area contributed by atoms with E-state index in [-0.39, 0.29) is 3.80 Å². The summed E-state index contributed by atoms with van der Waals surface area (Å²) in [5.74, 6) is 0. The van der Waals surface area contributed by atoms with Crippen molar-refractivity contribution in [1.29, 1.82) is 0 Å². The van der Waals surface area contributed by atoms with Gasteiger partial charge < -0.3 is 0 Å². The number of hydrogen-bond donors (Lipinski definition) is 0. The number of nitrogens with zero attached hydrogens (tertiary/aromatic N) is 1. The van der Waals surface area contributed by atoms with E-state index >= 15 is 0 Å². The summed E-state index contributed by atoms with van der Waals surface area (Å²) < 4.78 is -0.306. The van der Waals surface area contributed by atoms with Crippen LogP contribution in [0.2, 0.25) is 0 Å². The topological polar surface area (TPSA) is 20.1 Å². The van der Waals surface area contributed by atoms with E-state index in [1.54, 1.807) is 0 Å². The van der Waals surface area contributed by atoms with E-state index in [0.29, 0.717) is 0 Å². The maximum Gasteiger partial charge on any atom is 0.345 e. The molecule has 0 unspecified atom stereocenters. The molecule has 2 nitrogen and oxygen atoms in total. The third kappa shape index (κ3) is 93.7. The summed E-state index contributed by atoms with van der Waals surface area (Å²) in [4.78, 5) is 8.89. The molecule has 0 saturated heterocycles. The molecular formula is Cl2NO+. The molecule has 0 fully saturated rings. The van der Waals surface area contributed by atoms with E-state index in [2.05, 4.69) is 23.6 Å². The van der Waals surface area contributed by atoms with Crippen LogP contribution in [0.3, 0.4) is 0 Å². The first-order chi connectivity index (χ1) is 1.73. The van der Waals surface area contributed by atoms with Crippen molar-refractivity contribution in [2.75, 3.05) is 0 Å². The molecule has 0 aliphatic carbocycles. The zero-order valence-corrected chi connectivity index (χ0v) is 3.12. The van der Waals surface area contributed by atoms with Crippen LogP contribution in [0, 0.1) is 4.91 Å². The Balaban J connectivity index is 2.80. The van der Waals surface area contributed by atoms with Crippen LogP contribution in [-0.2, 0) is 0 Å². The summed E-state index contributed by atoms with van der Waals surface area (Å²) in [6, 6.07) is 0. The first-order valence-corrected chi connectivity index (χ1v) is 1.20. The van der Waals surface area contributed by atoms with Gasteiger partial charge in [0.2, 0.25) is 3.80 Å². The minimum atomic E-state index is -0.306. The normalized spacial score (nSPS) is 6.50. The maximum atomic E-state index is 8.89.